The molecule has 12 heteroatoms. The fourth-order valence-electron chi connectivity index (χ4n) is 4.46. The normalized spacial score (nSPS) is 13.4. The average molecular weight is 553 g/mol. The average Bonchev–Trinajstić information content (AvgIpc) is 3.36. The molecule has 3 aromatic carbocycles. The van der Waals surface area contributed by atoms with E-state index < -0.39 is 38.6 Å². The van der Waals surface area contributed by atoms with E-state index in [1.54, 1.807) is 55.6 Å². The Bertz CT molecular complexity index is 1480. The summed E-state index contributed by atoms with van der Waals surface area (Å²) in [6.45, 7) is 0.206. The summed E-state index contributed by atoms with van der Waals surface area (Å²) >= 11 is 0. The number of ether oxygens (including phenoxy) is 1. The number of fused-ring (bicyclic) bond motifs is 1. The van der Waals surface area contributed by atoms with Crippen LogP contribution in [0.25, 0.3) is 0 Å². The topological polar surface area (TPSA) is 139 Å². The first-order chi connectivity index (χ1) is 18.6. The molecule has 0 bridgehead atoms. The number of nitro groups is 1. The van der Waals surface area contributed by atoms with Gasteiger partial charge in [-0.15, -0.1) is 0 Å². The molecular weight excluding hydrogens is 524 g/mol. The quantitative estimate of drug-likeness (QED) is 0.301. The van der Waals surface area contributed by atoms with E-state index in [9.17, 15) is 28.1 Å². The Labute approximate surface area is 226 Å². The van der Waals surface area contributed by atoms with Crippen molar-refractivity contribution in [1.29, 1.82) is 0 Å². The van der Waals surface area contributed by atoms with Crippen molar-refractivity contribution in [3.63, 3.8) is 0 Å². The number of methoxy groups -OCH3 is 1. The minimum absolute atomic E-state index is 0.0732. The van der Waals surface area contributed by atoms with Crippen LogP contribution in [0.3, 0.4) is 0 Å². The molecule has 3 aromatic rings. The summed E-state index contributed by atoms with van der Waals surface area (Å²) in [5, 5.41) is 11.1. The van der Waals surface area contributed by atoms with E-state index >= 15 is 0 Å². The van der Waals surface area contributed by atoms with Gasteiger partial charge in [0.15, 0.2) is 0 Å². The summed E-state index contributed by atoms with van der Waals surface area (Å²) < 4.78 is 33.9. The van der Waals surface area contributed by atoms with Crippen molar-refractivity contribution in [2.45, 2.75) is 18.9 Å². The Morgan fingerprint density at radius 2 is 1.79 bits per heavy atom. The molecule has 0 saturated heterocycles. The van der Waals surface area contributed by atoms with Gasteiger partial charge in [-0.1, -0.05) is 30.3 Å². The van der Waals surface area contributed by atoms with Crippen LogP contribution >= 0.6 is 0 Å². The summed E-state index contributed by atoms with van der Waals surface area (Å²) in [6, 6.07) is 18.7. The maximum absolute atomic E-state index is 13.5. The van der Waals surface area contributed by atoms with E-state index in [1.807, 2.05) is 6.07 Å². The van der Waals surface area contributed by atoms with Crippen molar-refractivity contribution in [3.05, 3.63) is 94.0 Å². The number of non-ortho nitro benzene ring substituents is 1. The molecule has 4 rings (SSSR count). The molecule has 1 N–H and O–H groups in total. The lowest BCUT2D eigenvalue weighted by Gasteiger charge is -2.25. The maximum Gasteiger partial charge on any atom is 0.269 e. The molecule has 2 amide bonds. The zero-order chi connectivity index (χ0) is 28.2. The predicted molar refractivity (Wildman–Crippen MR) is 146 cm³/mol. The van der Waals surface area contributed by atoms with E-state index in [0.29, 0.717) is 29.1 Å². The second kappa shape index (κ2) is 11.6. The number of nitrogens with one attached hydrogen (secondary N) is 1. The van der Waals surface area contributed by atoms with Gasteiger partial charge in [-0.25, -0.2) is 13.1 Å². The van der Waals surface area contributed by atoms with Crippen LogP contribution in [0, 0.1) is 10.1 Å². The maximum atomic E-state index is 13.5. The summed E-state index contributed by atoms with van der Waals surface area (Å²) in [4.78, 5) is 39.7. The fourth-order valence-corrected chi connectivity index (χ4v) is 5.64. The van der Waals surface area contributed by atoms with Gasteiger partial charge >= 0.3 is 0 Å². The highest BCUT2D eigenvalue weighted by Crippen LogP contribution is 2.31. The van der Waals surface area contributed by atoms with Crippen LogP contribution in [0.1, 0.15) is 11.1 Å². The molecule has 1 aliphatic rings. The van der Waals surface area contributed by atoms with Crippen molar-refractivity contribution in [3.8, 4) is 5.75 Å². The Kier molecular flexibility index (Phi) is 8.27. The minimum Gasteiger partial charge on any atom is -0.497 e. The number of hydrogen-bond donors (Lipinski definition) is 1. The number of nitrogens with zero attached hydrogens (tertiary/aromatic N) is 3. The van der Waals surface area contributed by atoms with Crippen molar-refractivity contribution in [2.75, 3.05) is 36.3 Å². The minimum atomic E-state index is -4.25. The van der Waals surface area contributed by atoms with Crippen LogP contribution in [-0.4, -0.2) is 57.7 Å². The Hall–Kier alpha value is -4.29. The Morgan fingerprint density at radius 3 is 2.44 bits per heavy atom. The van der Waals surface area contributed by atoms with E-state index in [0.717, 1.165) is 5.56 Å². The fraction of sp³-hybridized carbons (Fsp3) is 0.259. The highest BCUT2D eigenvalue weighted by atomic mass is 32.2. The van der Waals surface area contributed by atoms with Crippen LogP contribution in [0.5, 0.6) is 5.75 Å². The molecule has 0 aromatic heterocycles. The van der Waals surface area contributed by atoms with Crippen LogP contribution in [0.4, 0.5) is 17.1 Å². The number of rotatable bonds is 10. The lowest BCUT2D eigenvalue weighted by Crippen LogP contribution is -2.50. The molecule has 1 heterocycles. The zero-order valence-electron chi connectivity index (χ0n) is 21.4. The third-order valence-corrected chi connectivity index (χ3v) is 7.75. The first kappa shape index (κ1) is 27.7. The van der Waals surface area contributed by atoms with Gasteiger partial charge in [0.25, 0.3) is 5.69 Å². The Morgan fingerprint density at radius 1 is 1.10 bits per heavy atom. The monoisotopic (exact) mass is 552 g/mol. The molecule has 0 saturated carbocycles. The molecule has 1 aliphatic heterocycles. The van der Waals surface area contributed by atoms with Gasteiger partial charge in [-0.3, -0.25) is 19.7 Å². The number of anilines is 2. The van der Waals surface area contributed by atoms with Crippen LogP contribution in [0.2, 0.25) is 0 Å². The molecule has 0 fully saturated rings. The number of benzene rings is 3. The summed E-state index contributed by atoms with van der Waals surface area (Å²) in [5.74, 6) is -1.46. The standard InChI is InChI=1S/C27H28N4O7S/c1-29(21-8-11-23(38-2)12-9-21)27(33)24(16-19-6-4-3-5-7-19)28-39(36,37)18-26(32)30-15-14-20-17-22(31(34)35)10-13-25(20)30/h3-13,17,24,28H,14-16,18H2,1-2H3/t24-/m0/s1. The van der Waals surface area contributed by atoms with Gasteiger partial charge in [0.05, 0.1) is 12.0 Å². The lowest BCUT2D eigenvalue weighted by atomic mass is 10.1. The van der Waals surface area contributed by atoms with Crippen LogP contribution in [0.15, 0.2) is 72.8 Å². The number of sulfonamides is 1. The van der Waals surface area contributed by atoms with Gasteiger partial charge in [-0.05, 0) is 54.3 Å². The van der Waals surface area contributed by atoms with Crippen molar-refractivity contribution in [2.24, 2.45) is 0 Å². The summed E-state index contributed by atoms with van der Waals surface area (Å²) in [5.41, 5.74) is 2.22. The Balaban J connectivity index is 1.52. The van der Waals surface area contributed by atoms with Gasteiger partial charge in [-0.2, -0.15) is 0 Å². The predicted octanol–water partition coefficient (Wildman–Crippen LogP) is 2.69. The van der Waals surface area contributed by atoms with Gasteiger partial charge in [0.1, 0.15) is 17.5 Å². The molecule has 0 radical (unpaired) electrons. The number of nitro benzene ring substituents is 1. The van der Waals surface area contributed by atoms with Crippen molar-refractivity contribution < 1.29 is 27.7 Å². The van der Waals surface area contributed by atoms with E-state index in [4.69, 9.17) is 4.74 Å². The van der Waals surface area contributed by atoms with E-state index in [2.05, 4.69) is 4.72 Å². The SMILES string of the molecule is COc1ccc(N(C)C(=O)[C@H](Cc2ccccc2)NS(=O)(=O)CC(=O)N2CCc3cc([N+](=O)[O-])ccc32)cc1. The number of amides is 2. The van der Waals surface area contributed by atoms with Crippen molar-refractivity contribution >= 4 is 38.9 Å². The van der Waals surface area contributed by atoms with Crippen LogP contribution in [-0.2, 0) is 32.5 Å². The number of likely N-dealkylation sites (N-methyl/N-ethyl adjacent to an activating group) is 1. The van der Waals surface area contributed by atoms with Gasteiger partial charge in [0.2, 0.25) is 21.8 Å². The lowest BCUT2D eigenvalue weighted by molar-refractivity contribution is -0.384. The molecule has 1 atom stereocenters. The highest BCUT2D eigenvalue weighted by molar-refractivity contribution is 7.90. The molecule has 11 nitrogen and oxygen atoms in total. The smallest absolute Gasteiger partial charge is 0.269 e. The van der Waals surface area contributed by atoms with E-state index in [1.165, 1.54) is 35.1 Å². The third-order valence-electron chi connectivity index (χ3n) is 6.48. The second-order valence-electron chi connectivity index (χ2n) is 9.08. The van der Waals surface area contributed by atoms with Gasteiger partial charge < -0.3 is 14.5 Å². The van der Waals surface area contributed by atoms with Crippen molar-refractivity contribution in [1.82, 2.24) is 4.72 Å². The molecular formula is C27H28N4O7S. The highest BCUT2D eigenvalue weighted by Gasteiger charge is 2.33. The van der Waals surface area contributed by atoms with Gasteiger partial charge in [0, 0.05) is 37.1 Å². The molecule has 204 valence electrons. The number of carbonyl (C=O) groups is 2. The molecule has 0 spiro atoms. The number of carbonyl (C=O) groups excluding carboxylic acids is 2. The first-order valence-electron chi connectivity index (χ1n) is 12.1. The first-order valence-corrected chi connectivity index (χ1v) is 13.8. The molecule has 0 aliphatic carbocycles. The third kappa shape index (κ3) is 6.59. The summed E-state index contributed by atoms with van der Waals surface area (Å²) in [6.07, 6.45) is 0.446. The summed E-state index contributed by atoms with van der Waals surface area (Å²) in [7, 11) is -1.18. The zero-order valence-corrected chi connectivity index (χ0v) is 22.3. The van der Waals surface area contributed by atoms with E-state index in [-0.39, 0.29) is 18.7 Å². The largest absolute Gasteiger partial charge is 0.497 e. The molecule has 39 heavy (non-hydrogen) atoms. The second-order valence-corrected chi connectivity index (χ2v) is 10.8. The molecule has 0 unspecified atom stereocenters. The number of hydrogen-bond acceptors (Lipinski definition) is 7. The van der Waals surface area contributed by atoms with Crippen LogP contribution < -0.4 is 19.3 Å².